The molecule has 2 rings (SSSR count). The van der Waals surface area contributed by atoms with Crippen molar-refractivity contribution in [1.29, 1.82) is 0 Å². The predicted molar refractivity (Wildman–Crippen MR) is 86.3 cm³/mol. The third-order valence-corrected chi connectivity index (χ3v) is 3.05. The number of nitrogens with one attached hydrogen (secondary N) is 2. The number of aryl methyl sites for hydroxylation is 1. The molecule has 0 heterocycles. The fourth-order valence-corrected chi connectivity index (χ4v) is 1.96. The van der Waals surface area contributed by atoms with Crippen LogP contribution in [0.5, 0.6) is 0 Å². The van der Waals surface area contributed by atoms with Crippen molar-refractivity contribution >= 4 is 22.7 Å². The van der Waals surface area contributed by atoms with Crippen LogP contribution < -0.4 is 10.6 Å². The van der Waals surface area contributed by atoms with Crippen molar-refractivity contribution in [3.8, 4) is 0 Å². The predicted octanol–water partition coefficient (Wildman–Crippen LogP) is 4.47. The van der Waals surface area contributed by atoms with E-state index in [2.05, 4.69) is 17.6 Å². The van der Waals surface area contributed by atoms with E-state index in [0.717, 1.165) is 24.3 Å². The maximum atomic E-state index is 11.0. The average molecular weight is 285 g/mol. The second kappa shape index (κ2) is 6.74. The first-order chi connectivity index (χ1) is 10.1. The van der Waals surface area contributed by atoms with E-state index in [1.54, 1.807) is 6.07 Å². The summed E-state index contributed by atoms with van der Waals surface area (Å²) in [6, 6.07) is 12.9. The van der Waals surface area contributed by atoms with Gasteiger partial charge in [-0.25, -0.2) is 0 Å². The molecule has 0 atom stereocenters. The van der Waals surface area contributed by atoms with E-state index >= 15 is 0 Å². The first-order valence-electron chi connectivity index (χ1n) is 6.95. The Kier molecular flexibility index (Phi) is 4.77. The van der Waals surface area contributed by atoms with Gasteiger partial charge in [-0.05, 0) is 31.5 Å². The van der Waals surface area contributed by atoms with Crippen LogP contribution in [0.1, 0.15) is 18.9 Å². The van der Waals surface area contributed by atoms with Crippen molar-refractivity contribution in [3.63, 3.8) is 0 Å². The average Bonchev–Trinajstić information content (AvgIpc) is 2.47. The summed E-state index contributed by atoms with van der Waals surface area (Å²) in [5.74, 6) is 0. The summed E-state index contributed by atoms with van der Waals surface area (Å²) in [6.45, 7) is 4.85. The summed E-state index contributed by atoms with van der Waals surface area (Å²) in [5, 5.41) is 17.4. The van der Waals surface area contributed by atoms with Crippen LogP contribution in [0.25, 0.3) is 0 Å². The zero-order chi connectivity index (χ0) is 15.2. The molecule has 21 heavy (non-hydrogen) atoms. The van der Waals surface area contributed by atoms with Gasteiger partial charge in [-0.1, -0.05) is 24.6 Å². The van der Waals surface area contributed by atoms with Crippen LogP contribution >= 0.6 is 0 Å². The molecule has 0 aromatic heterocycles. The molecule has 0 amide bonds. The molecule has 2 N–H and O–H groups in total. The lowest BCUT2D eigenvalue weighted by atomic mass is 10.2. The van der Waals surface area contributed by atoms with Gasteiger partial charge in [-0.15, -0.1) is 0 Å². The summed E-state index contributed by atoms with van der Waals surface area (Å²) in [6.07, 6.45) is 0.962. The molecule has 2 aromatic carbocycles. The Morgan fingerprint density at radius 2 is 1.71 bits per heavy atom. The smallest absolute Gasteiger partial charge is 0.273 e. The van der Waals surface area contributed by atoms with Crippen molar-refractivity contribution < 1.29 is 4.92 Å². The van der Waals surface area contributed by atoms with Crippen LogP contribution in [0.3, 0.4) is 0 Å². The van der Waals surface area contributed by atoms with E-state index in [4.69, 9.17) is 0 Å². The van der Waals surface area contributed by atoms with Gasteiger partial charge in [0.25, 0.3) is 5.69 Å². The highest BCUT2D eigenvalue weighted by molar-refractivity contribution is 5.68. The van der Waals surface area contributed by atoms with Gasteiger partial charge in [0.2, 0.25) is 0 Å². The molecule has 0 bridgehead atoms. The SMILES string of the molecule is CCCNc1cc(Nc2ccc(C)cc2)cc([N+](=O)[O-])c1. The van der Waals surface area contributed by atoms with Gasteiger partial charge in [0.05, 0.1) is 4.92 Å². The fraction of sp³-hybridized carbons (Fsp3) is 0.250. The Bertz CT molecular complexity index is 624. The molecular formula is C16H19N3O2. The van der Waals surface area contributed by atoms with Gasteiger partial charge in [0.1, 0.15) is 0 Å². The van der Waals surface area contributed by atoms with Crippen LogP contribution in [0.2, 0.25) is 0 Å². The Morgan fingerprint density at radius 1 is 1.05 bits per heavy atom. The number of hydrogen-bond donors (Lipinski definition) is 2. The molecule has 0 saturated carbocycles. The highest BCUT2D eigenvalue weighted by Crippen LogP contribution is 2.27. The van der Waals surface area contributed by atoms with E-state index in [-0.39, 0.29) is 10.6 Å². The van der Waals surface area contributed by atoms with Gasteiger partial charge in [-0.2, -0.15) is 0 Å². The zero-order valence-corrected chi connectivity index (χ0v) is 12.2. The molecule has 0 saturated heterocycles. The monoisotopic (exact) mass is 285 g/mol. The molecule has 0 fully saturated rings. The first-order valence-corrected chi connectivity index (χ1v) is 6.95. The summed E-state index contributed by atoms with van der Waals surface area (Å²) in [7, 11) is 0. The molecule has 5 nitrogen and oxygen atoms in total. The van der Waals surface area contributed by atoms with Crippen LogP contribution in [0.15, 0.2) is 42.5 Å². The quantitative estimate of drug-likeness (QED) is 0.607. The summed E-state index contributed by atoms with van der Waals surface area (Å²) < 4.78 is 0. The Hall–Kier alpha value is -2.56. The molecule has 0 aliphatic carbocycles. The first kappa shape index (κ1) is 14.8. The van der Waals surface area contributed by atoms with Crippen LogP contribution in [-0.4, -0.2) is 11.5 Å². The summed E-state index contributed by atoms with van der Waals surface area (Å²) >= 11 is 0. The molecule has 0 unspecified atom stereocenters. The minimum Gasteiger partial charge on any atom is -0.385 e. The zero-order valence-electron chi connectivity index (χ0n) is 12.2. The van der Waals surface area contributed by atoms with Crippen LogP contribution in [0, 0.1) is 17.0 Å². The Labute approximate surface area is 124 Å². The van der Waals surface area contributed by atoms with Gasteiger partial charge >= 0.3 is 0 Å². The fourth-order valence-electron chi connectivity index (χ4n) is 1.96. The van der Waals surface area contributed by atoms with E-state index in [1.165, 1.54) is 11.6 Å². The number of non-ortho nitro benzene ring substituents is 1. The standard InChI is InChI=1S/C16H19N3O2/c1-3-8-17-14-9-15(11-16(10-14)19(20)21)18-13-6-4-12(2)5-7-13/h4-7,9-11,17-18H,3,8H2,1-2H3. The minimum absolute atomic E-state index is 0.0747. The third-order valence-electron chi connectivity index (χ3n) is 3.05. The number of hydrogen-bond acceptors (Lipinski definition) is 4. The molecule has 0 spiro atoms. The van der Waals surface area contributed by atoms with Crippen molar-refractivity contribution in [2.75, 3.05) is 17.2 Å². The molecular weight excluding hydrogens is 266 g/mol. The van der Waals surface area contributed by atoms with Gasteiger partial charge in [-0.3, -0.25) is 10.1 Å². The molecule has 5 heteroatoms. The molecule has 110 valence electrons. The largest absolute Gasteiger partial charge is 0.385 e. The second-order valence-electron chi connectivity index (χ2n) is 4.94. The van der Waals surface area contributed by atoms with Crippen molar-refractivity contribution in [1.82, 2.24) is 0 Å². The van der Waals surface area contributed by atoms with Crippen molar-refractivity contribution in [3.05, 3.63) is 58.1 Å². The van der Waals surface area contributed by atoms with Crippen molar-refractivity contribution in [2.45, 2.75) is 20.3 Å². The number of nitro groups is 1. The maximum absolute atomic E-state index is 11.0. The number of anilines is 3. The highest BCUT2D eigenvalue weighted by Gasteiger charge is 2.09. The van der Waals surface area contributed by atoms with Gasteiger partial charge in [0.15, 0.2) is 0 Å². The highest BCUT2D eigenvalue weighted by atomic mass is 16.6. The van der Waals surface area contributed by atoms with Crippen molar-refractivity contribution in [2.24, 2.45) is 0 Å². The number of nitrogens with zero attached hydrogens (tertiary/aromatic N) is 1. The van der Waals surface area contributed by atoms with Gasteiger partial charge < -0.3 is 10.6 Å². The van der Waals surface area contributed by atoms with E-state index < -0.39 is 0 Å². The molecule has 0 radical (unpaired) electrons. The lowest BCUT2D eigenvalue weighted by Gasteiger charge is -2.10. The number of rotatable bonds is 6. The Balaban J connectivity index is 2.26. The maximum Gasteiger partial charge on any atom is 0.273 e. The lowest BCUT2D eigenvalue weighted by Crippen LogP contribution is -2.02. The summed E-state index contributed by atoms with van der Waals surface area (Å²) in [4.78, 5) is 10.6. The molecule has 0 aliphatic rings. The third kappa shape index (κ3) is 4.21. The number of benzene rings is 2. The van der Waals surface area contributed by atoms with Crippen LogP contribution in [-0.2, 0) is 0 Å². The topological polar surface area (TPSA) is 67.2 Å². The minimum atomic E-state index is -0.378. The second-order valence-corrected chi connectivity index (χ2v) is 4.94. The van der Waals surface area contributed by atoms with E-state index in [9.17, 15) is 10.1 Å². The summed E-state index contributed by atoms with van der Waals surface area (Å²) in [5.41, 5.74) is 3.60. The van der Waals surface area contributed by atoms with E-state index in [0.29, 0.717) is 5.69 Å². The number of nitro benzene ring substituents is 1. The molecule has 0 aliphatic heterocycles. The molecule has 2 aromatic rings. The lowest BCUT2D eigenvalue weighted by molar-refractivity contribution is -0.384. The van der Waals surface area contributed by atoms with E-state index in [1.807, 2.05) is 37.3 Å². The van der Waals surface area contributed by atoms with Gasteiger partial charge in [0, 0.05) is 35.7 Å². The van der Waals surface area contributed by atoms with Crippen LogP contribution in [0.4, 0.5) is 22.7 Å². The normalized spacial score (nSPS) is 10.2. The Morgan fingerprint density at radius 3 is 2.33 bits per heavy atom.